The molecule has 5 heteroatoms. The molecule has 0 amide bonds. The minimum atomic E-state index is -0.0494. The van der Waals surface area contributed by atoms with Gasteiger partial charge in [-0.3, -0.25) is 4.98 Å². The number of nitrogens with two attached hydrogens (primary N) is 1. The van der Waals surface area contributed by atoms with Gasteiger partial charge in [-0.05, 0) is 31.0 Å². The van der Waals surface area contributed by atoms with E-state index < -0.39 is 0 Å². The second-order valence-electron chi connectivity index (χ2n) is 5.34. The minimum absolute atomic E-state index is 0.0494. The fourth-order valence-electron chi connectivity index (χ4n) is 2.57. The second kappa shape index (κ2) is 5.34. The van der Waals surface area contributed by atoms with E-state index in [4.69, 9.17) is 15.5 Å². The van der Waals surface area contributed by atoms with E-state index in [9.17, 15) is 0 Å². The van der Waals surface area contributed by atoms with Crippen LogP contribution in [0.3, 0.4) is 0 Å². The standard InChI is InChI=1S/C15H20N4O/c1-10-7-12(11(2)16)15-13(8-10)17-9-14(18-15)19-3-5-20-6-4-19/h7-9,11H,3-6,16H2,1-2H3. The summed E-state index contributed by atoms with van der Waals surface area (Å²) in [6.07, 6.45) is 1.85. The van der Waals surface area contributed by atoms with Crippen molar-refractivity contribution in [2.24, 2.45) is 5.73 Å². The van der Waals surface area contributed by atoms with Gasteiger partial charge in [0, 0.05) is 19.1 Å². The molecule has 0 spiro atoms. The maximum atomic E-state index is 6.08. The zero-order valence-electron chi connectivity index (χ0n) is 12.0. The molecule has 106 valence electrons. The lowest BCUT2D eigenvalue weighted by molar-refractivity contribution is 0.122. The number of morpholine rings is 1. The van der Waals surface area contributed by atoms with Crippen molar-refractivity contribution in [1.29, 1.82) is 0 Å². The van der Waals surface area contributed by atoms with Gasteiger partial charge < -0.3 is 15.4 Å². The third-order valence-electron chi connectivity index (χ3n) is 3.63. The van der Waals surface area contributed by atoms with Gasteiger partial charge in [0.2, 0.25) is 0 Å². The fourth-order valence-corrected chi connectivity index (χ4v) is 2.57. The van der Waals surface area contributed by atoms with E-state index in [1.807, 2.05) is 13.1 Å². The van der Waals surface area contributed by atoms with Gasteiger partial charge in [-0.15, -0.1) is 0 Å². The van der Waals surface area contributed by atoms with Gasteiger partial charge in [-0.25, -0.2) is 4.98 Å². The highest BCUT2D eigenvalue weighted by Gasteiger charge is 2.15. The van der Waals surface area contributed by atoms with Crippen LogP contribution in [-0.4, -0.2) is 36.3 Å². The second-order valence-corrected chi connectivity index (χ2v) is 5.34. The quantitative estimate of drug-likeness (QED) is 0.903. The van der Waals surface area contributed by atoms with E-state index in [0.29, 0.717) is 0 Å². The van der Waals surface area contributed by atoms with Crippen LogP contribution in [0.2, 0.25) is 0 Å². The zero-order chi connectivity index (χ0) is 14.1. The zero-order valence-corrected chi connectivity index (χ0v) is 12.0. The van der Waals surface area contributed by atoms with Gasteiger partial charge in [0.1, 0.15) is 5.82 Å². The monoisotopic (exact) mass is 272 g/mol. The Balaban J connectivity index is 2.09. The molecule has 20 heavy (non-hydrogen) atoms. The molecule has 0 bridgehead atoms. The van der Waals surface area contributed by atoms with Crippen molar-refractivity contribution in [2.75, 3.05) is 31.2 Å². The van der Waals surface area contributed by atoms with Crippen LogP contribution in [0, 0.1) is 6.92 Å². The summed E-state index contributed by atoms with van der Waals surface area (Å²) in [6.45, 7) is 7.25. The molecule has 3 rings (SSSR count). The Morgan fingerprint density at radius 1 is 1.30 bits per heavy atom. The minimum Gasteiger partial charge on any atom is -0.378 e. The van der Waals surface area contributed by atoms with Crippen molar-refractivity contribution >= 4 is 16.9 Å². The largest absolute Gasteiger partial charge is 0.378 e. The molecule has 5 nitrogen and oxygen atoms in total. The summed E-state index contributed by atoms with van der Waals surface area (Å²) < 4.78 is 5.38. The first-order valence-electron chi connectivity index (χ1n) is 7.01. The Hall–Kier alpha value is -1.72. The lowest BCUT2D eigenvalue weighted by Gasteiger charge is -2.27. The van der Waals surface area contributed by atoms with E-state index in [1.165, 1.54) is 5.56 Å². The third-order valence-corrected chi connectivity index (χ3v) is 3.63. The highest BCUT2D eigenvalue weighted by molar-refractivity contribution is 5.80. The average molecular weight is 272 g/mol. The number of aryl methyl sites for hydroxylation is 1. The molecule has 2 N–H and O–H groups in total. The molecule has 1 aromatic heterocycles. The molecular weight excluding hydrogens is 252 g/mol. The predicted molar refractivity (Wildman–Crippen MR) is 79.9 cm³/mol. The van der Waals surface area contributed by atoms with Gasteiger partial charge in [0.25, 0.3) is 0 Å². The molecule has 1 saturated heterocycles. The van der Waals surface area contributed by atoms with Gasteiger partial charge in [-0.1, -0.05) is 6.07 Å². The summed E-state index contributed by atoms with van der Waals surface area (Å²) in [7, 11) is 0. The van der Waals surface area contributed by atoms with Crippen LogP contribution < -0.4 is 10.6 Å². The molecule has 2 heterocycles. The summed E-state index contributed by atoms with van der Waals surface area (Å²) in [6, 6.07) is 4.11. The van der Waals surface area contributed by atoms with E-state index in [0.717, 1.165) is 48.7 Å². The Bertz CT molecular complexity index is 621. The molecule has 2 aromatic rings. The van der Waals surface area contributed by atoms with Crippen LogP contribution in [0.25, 0.3) is 11.0 Å². The molecule has 0 radical (unpaired) electrons. The van der Waals surface area contributed by atoms with Crippen molar-refractivity contribution < 1.29 is 4.74 Å². The summed E-state index contributed by atoms with van der Waals surface area (Å²) in [5, 5.41) is 0. The van der Waals surface area contributed by atoms with Gasteiger partial charge >= 0.3 is 0 Å². The topological polar surface area (TPSA) is 64.3 Å². The maximum absolute atomic E-state index is 6.08. The summed E-state index contributed by atoms with van der Waals surface area (Å²) >= 11 is 0. The first-order valence-corrected chi connectivity index (χ1v) is 7.01. The van der Waals surface area contributed by atoms with Crippen LogP contribution >= 0.6 is 0 Å². The van der Waals surface area contributed by atoms with E-state index >= 15 is 0 Å². The van der Waals surface area contributed by atoms with Crippen LogP contribution in [0.4, 0.5) is 5.82 Å². The van der Waals surface area contributed by atoms with Gasteiger partial charge in [-0.2, -0.15) is 0 Å². The first kappa shape index (κ1) is 13.3. The summed E-state index contributed by atoms with van der Waals surface area (Å²) in [4.78, 5) is 11.6. The van der Waals surface area contributed by atoms with Crippen LogP contribution in [0.5, 0.6) is 0 Å². The predicted octanol–water partition coefficient (Wildman–Crippen LogP) is 1.79. The smallest absolute Gasteiger partial charge is 0.148 e. The molecule has 0 aliphatic carbocycles. The summed E-state index contributed by atoms with van der Waals surface area (Å²) in [5.41, 5.74) is 10.1. The van der Waals surface area contributed by atoms with E-state index in [-0.39, 0.29) is 6.04 Å². The molecule has 0 saturated carbocycles. The number of fused-ring (bicyclic) bond motifs is 1. The number of hydrogen-bond acceptors (Lipinski definition) is 5. The Labute approximate surface area is 118 Å². The number of hydrogen-bond donors (Lipinski definition) is 1. The van der Waals surface area contributed by atoms with Crippen molar-refractivity contribution in [3.63, 3.8) is 0 Å². The van der Waals surface area contributed by atoms with Crippen molar-refractivity contribution in [1.82, 2.24) is 9.97 Å². The lowest BCUT2D eigenvalue weighted by atomic mass is 10.0. The number of aromatic nitrogens is 2. The van der Waals surface area contributed by atoms with Crippen LogP contribution in [-0.2, 0) is 4.74 Å². The van der Waals surface area contributed by atoms with Crippen molar-refractivity contribution in [3.8, 4) is 0 Å². The number of anilines is 1. The molecule has 1 aliphatic heterocycles. The Morgan fingerprint density at radius 2 is 2.05 bits per heavy atom. The van der Waals surface area contributed by atoms with Gasteiger partial charge in [0.15, 0.2) is 0 Å². The van der Waals surface area contributed by atoms with Crippen LogP contribution in [0.1, 0.15) is 24.1 Å². The SMILES string of the molecule is Cc1cc(C(C)N)c2nc(N3CCOCC3)cnc2c1. The first-order chi connectivity index (χ1) is 9.65. The van der Waals surface area contributed by atoms with E-state index in [1.54, 1.807) is 0 Å². The molecule has 1 fully saturated rings. The normalized spacial score (nSPS) is 17.4. The molecule has 1 unspecified atom stereocenters. The highest BCUT2D eigenvalue weighted by Crippen LogP contribution is 2.24. The molecule has 1 aliphatic rings. The molecule has 1 atom stereocenters. The summed E-state index contributed by atoms with van der Waals surface area (Å²) in [5.74, 6) is 0.909. The number of benzene rings is 1. The Morgan fingerprint density at radius 3 is 2.75 bits per heavy atom. The fraction of sp³-hybridized carbons (Fsp3) is 0.467. The number of rotatable bonds is 2. The van der Waals surface area contributed by atoms with Gasteiger partial charge in [0.05, 0.1) is 30.4 Å². The number of ether oxygens (including phenoxy) is 1. The maximum Gasteiger partial charge on any atom is 0.148 e. The van der Waals surface area contributed by atoms with Crippen molar-refractivity contribution in [3.05, 3.63) is 29.5 Å². The average Bonchev–Trinajstić information content (AvgIpc) is 2.46. The van der Waals surface area contributed by atoms with Crippen molar-refractivity contribution in [2.45, 2.75) is 19.9 Å². The highest BCUT2D eigenvalue weighted by atomic mass is 16.5. The lowest BCUT2D eigenvalue weighted by Crippen LogP contribution is -2.36. The Kier molecular flexibility index (Phi) is 3.54. The molecular formula is C15H20N4O. The van der Waals surface area contributed by atoms with Crippen LogP contribution in [0.15, 0.2) is 18.3 Å². The molecule has 1 aromatic carbocycles. The van der Waals surface area contributed by atoms with E-state index in [2.05, 4.69) is 28.9 Å². The third kappa shape index (κ3) is 2.46. The number of nitrogens with zero attached hydrogens (tertiary/aromatic N) is 3.